The number of amides is 1. The van der Waals surface area contributed by atoms with Gasteiger partial charge in [0.05, 0.1) is 0 Å². The predicted octanol–water partition coefficient (Wildman–Crippen LogP) is 3.69. The Morgan fingerprint density at radius 3 is 2.29 bits per heavy atom. The maximum atomic E-state index is 12.0. The molecule has 4 aliphatic heterocycles. The Kier molecular flexibility index (Phi) is 10.5. The fraction of sp³-hybridized carbons (Fsp3) is 0.667. The Hall–Kier alpha value is -2.45. The molecule has 0 aliphatic carbocycles. The van der Waals surface area contributed by atoms with Crippen LogP contribution in [0, 0.1) is 11.8 Å². The van der Waals surface area contributed by atoms with Crippen LogP contribution >= 0.6 is 0 Å². The van der Waals surface area contributed by atoms with Crippen LogP contribution < -0.4 is 4.90 Å². The van der Waals surface area contributed by atoms with Gasteiger partial charge >= 0.3 is 0 Å². The first-order valence-corrected chi connectivity index (χ1v) is 13.1. The first kappa shape index (κ1) is 27.1. The molecule has 0 unspecified atom stereocenters. The number of piperidine rings is 3. The minimum atomic E-state index is -0.250. The highest BCUT2D eigenvalue weighted by Crippen LogP contribution is 2.42. The molecule has 1 aromatic rings. The number of anilines is 1. The average molecular weight is 488 g/mol. The van der Waals surface area contributed by atoms with E-state index in [4.69, 9.17) is 19.8 Å². The quantitative estimate of drug-likeness (QED) is 0.611. The average Bonchev–Trinajstić information content (AvgIpc) is 3.29. The third-order valence-corrected chi connectivity index (χ3v) is 8.01. The summed E-state index contributed by atoms with van der Waals surface area (Å²) in [7, 11) is 0. The zero-order valence-electron chi connectivity index (χ0n) is 20.9. The van der Waals surface area contributed by atoms with E-state index in [2.05, 4.69) is 41.0 Å². The Morgan fingerprint density at radius 2 is 1.66 bits per heavy atom. The van der Waals surface area contributed by atoms with E-state index in [0.717, 1.165) is 49.1 Å². The standard InChI is InChI=1S/C25H37N3O.2CH2O2/c1-2-6-23-20-15-21(24-7-3-4-13-28(23)24)18-26(17-20)16-19-9-11-22(12-10-19)27-14-5-8-25(27)29;2*2-1-3/h9-12,20-21,23-24H,2-8,13-18H2,1H3;2*1H,(H,2,3)/t20-,21+,23-,24-;;/m0../s1. The monoisotopic (exact) mass is 487 g/mol. The predicted molar refractivity (Wildman–Crippen MR) is 135 cm³/mol. The van der Waals surface area contributed by atoms with Crippen molar-refractivity contribution in [1.82, 2.24) is 9.80 Å². The van der Waals surface area contributed by atoms with Gasteiger partial charge < -0.3 is 15.1 Å². The summed E-state index contributed by atoms with van der Waals surface area (Å²) < 4.78 is 0. The minimum Gasteiger partial charge on any atom is -0.483 e. The fourth-order valence-electron chi connectivity index (χ4n) is 6.79. The molecule has 2 bridgehead atoms. The topological polar surface area (TPSA) is 101 Å². The molecular weight excluding hydrogens is 446 g/mol. The largest absolute Gasteiger partial charge is 0.483 e. The lowest BCUT2D eigenvalue weighted by atomic mass is 9.71. The number of nitrogens with zero attached hydrogens (tertiary/aromatic N) is 3. The minimum absolute atomic E-state index is 0.250. The third kappa shape index (κ3) is 6.82. The molecule has 194 valence electrons. The van der Waals surface area contributed by atoms with Crippen molar-refractivity contribution in [3.05, 3.63) is 29.8 Å². The van der Waals surface area contributed by atoms with Gasteiger partial charge in [-0.05, 0) is 68.2 Å². The van der Waals surface area contributed by atoms with Crippen molar-refractivity contribution < 1.29 is 24.6 Å². The molecular formula is C27H41N3O5. The highest BCUT2D eigenvalue weighted by molar-refractivity contribution is 5.95. The van der Waals surface area contributed by atoms with Gasteiger partial charge in [0.2, 0.25) is 5.91 Å². The third-order valence-electron chi connectivity index (χ3n) is 8.01. The van der Waals surface area contributed by atoms with E-state index >= 15 is 0 Å². The molecule has 8 heteroatoms. The number of likely N-dealkylation sites (tertiary alicyclic amines) is 1. The Labute approximate surface area is 208 Å². The number of benzene rings is 1. The summed E-state index contributed by atoms with van der Waals surface area (Å²) in [6.07, 6.45) is 10.1. The summed E-state index contributed by atoms with van der Waals surface area (Å²) in [6.45, 7) is 7.67. The van der Waals surface area contributed by atoms with Crippen molar-refractivity contribution in [2.45, 2.75) is 76.9 Å². The summed E-state index contributed by atoms with van der Waals surface area (Å²) in [5.41, 5.74) is 2.47. The number of hydrogen-bond donors (Lipinski definition) is 2. The Bertz CT molecular complexity index is 812. The molecule has 4 heterocycles. The molecule has 1 aromatic carbocycles. The molecule has 5 rings (SSSR count). The normalized spacial score (nSPS) is 28.1. The molecule has 4 aliphatic rings. The highest BCUT2D eigenvalue weighted by atomic mass is 16.3. The number of carboxylic acid groups (broad SMARTS) is 2. The molecule has 0 saturated carbocycles. The molecule has 0 aromatic heterocycles. The van der Waals surface area contributed by atoms with Gasteiger partial charge in [-0.25, -0.2) is 0 Å². The van der Waals surface area contributed by atoms with Crippen molar-refractivity contribution in [3.8, 4) is 0 Å². The van der Waals surface area contributed by atoms with Gasteiger partial charge in [0.1, 0.15) is 0 Å². The van der Waals surface area contributed by atoms with Gasteiger partial charge in [-0.3, -0.25) is 24.2 Å². The van der Waals surface area contributed by atoms with Crippen LogP contribution in [0.15, 0.2) is 24.3 Å². The van der Waals surface area contributed by atoms with Crippen molar-refractivity contribution in [3.63, 3.8) is 0 Å². The van der Waals surface area contributed by atoms with Crippen LogP contribution in [0.25, 0.3) is 0 Å². The van der Waals surface area contributed by atoms with Crippen molar-refractivity contribution in [2.75, 3.05) is 31.1 Å². The van der Waals surface area contributed by atoms with Gasteiger partial charge in [-0.2, -0.15) is 0 Å². The maximum Gasteiger partial charge on any atom is 0.290 e. The zero-order chi connectivity index (χ0) is 25.2. The maximum absolute atomic E-state index is 12.0. The van der Waals surface area contributed by atoms with Gasteiger partial charge in [-0.15, -0.1) is 0 Å². The van der Waals surface area contributed by atoms with Crippen LogP contribution in [0.2, 0.25) is 0 Å². The Morgan fingerprint density at radius 1 is 0.971 bits per heavy atom. The first-order chi connectivity index (χ1) is 17.1. The second-order valence-electron chi connectivity index (χ2n) is 10.1. The second-order valence-corrected chi connectivity index (χ2v) is 10.1. The zero-order valence-corrected chi connectivity index (χ0v) is 20.9. The number of hydrogen-bond acceptors (Lipinski definition) is 5. The molecule has 8 nitrogen and oxygen atoms in total. The summed E-state index contributed by atoms with van der Waals surface area (Å²) in [5, 5.41) is 13.8. The SMILES string of the molecule is CCC[C@H]1[C@H]2C[C@H](CN(Cc3ccc(N4CCCC4=O)cc3)C2)[C@@H]2CCCCN21.O=CO.O=CO. The molecule has 1 amide bonds. The van der Waals surface area contributed by atoms with Gasteiger partial charge in [0.15, 0.2) is 0 Å². The summed E-state index contributed by atoms with van der Waals surface area (Å²) in [5.74, 6) is 1.99. The summed E-state index contributed by atoms with van der Waals surface area (Å²) >= 11 is 0. The van der Waals surface area contributed by atoms with Crippen molar-refractivity contribution in [1.29, 1.82) is 0 Å². The lowest BCUT2D eigenvalue weighted by Gasteiger charge is -2.57. The number of fused-ring (bicyclic) bond motifs is 4. The lowest BCUT2D eigenvalue weighted by Crippen LogP contribution is -2.63. The van der Waals surface area contributed by atoms with E-state index in [1.165, 1.54) is 63.7 Å². The first-order valence-electron chi connectivity index (χ1n) is 13.1. The number of rotatable bonds is 5. The van der Waals surface area contributed by atoms with E-state index < -0.39 is 0 Å². The molecule has 4 fully saturated rings. The summed E-state index contributed by atoms with van der Waals surface area (Å²) in [4.78, 5) is 36.3. The smallest absolute Gasteiger partial charge is 0.290 e. The molecule has 0 radical (unpaired) electrons. The van der Waals surface area contributed by atoms with Crippen LogP contribution in [0.4, 0.5) is 5.69 Å². The molecule has 2 N–H and O–H groups in total. The van der Waals surface area contributed by atoms with E-state index in [9.17, 15) is 4.79 Å². The van der Waals surface area contributed by atoms with Crippen molar-refractivity contribution in [2.24, 2.45) is 11.8 Å². The van der Waals surface area contributed by atoms with E-state index in [-0.39, 0.29) is 18.9 Å². The van der Waals surface area contributed by atoms with Crippen LogP contribution in [0.5, 0.6) is 0 Å². The molecule has 4 atom stereocenters. The van der Waals surface area contributed by atoms with E-state index in [0.29, 0.717) is 6.42 Å². The van der Waals surface area contributed by atoms with Crippen LogP contribution in [0.1, 0.15) is 63.9 Å². The Balaban J connectivity index is 0.000000520. The van der Waals surface area contributed by atoms with Crippen LogP contribution in [0.3, 0.4) is 0 Å². The molecule has 4 saturated heterocycles. The lowest BCUT2D eigenvalue weighted by molar-refractivity contribution is -0.123. The summed E-state index contributed by atoms with van der Waals surface area (Å²) in [6, 6.07) is 10.5. The van der Waals surface area contributed by atoms with Crippen LogP contribution in [-0.2, 0) is 20.9 Å². The van der Waals surface area contributed by atoms with Crippen molar-refractivity contribution >= 4 is 24.5 Å². The van der Waals surface area contributed by atoms with Gasteiger partial charge in [0, 0.05) is 50.4 Å². The number of carbonyl (C=O) groups is 3. The highest BCUT2D eigenvalue weighted by Gasteiger charge is 2.46. The van der Waals surface area contributed by atoms with Gasteiger partial charge in [-0.1, -0.05) is 31.9 Å². The molecule has 0 spiro atoms. The van der Waals surface area contributed by atoms with Crippen LogP contribution in [-0.4, -0.2) is 77.1 Å². The van der Waals surface area contributed by atoms with Gasteiger partial charge in [0.25, 0.3) is 12.9 Å². The second kappa shape index (κ2) is 13.6. The fourth-order valence-corrected chi connectivity index (χ4v) is 6.79. The van der Waals surface area contributed by atoms with E-state index in [1.807, 2.05) is 4.90 Å². The molecule has 35 heavy (non-hydrogen) atoms. The van der Waals surface area contributed by atoms with E-state index in [1.54, 1.807) is 0 Å². The number of carbonyl (C=O) groups excluding carboxylic acids is 1.